The van der Waals surface area contributed by atoms with Crippen molar-refractivity contribution >= 4 is 28.2 Å². The van der Waals surface area contributed by atoms with Crippen LogP contribution in [-0.4, -0.2) is 43.5 Å². The summed E-state index contributed by atoms with van der Waals surface area (Å²) >= 11 is 1.36. The van der Waals surface area contributed by atoms with Crippen molar-refractivity contribution in [2.75, 3.05) is 32.1 Å². The highest BCUT2D eigenvalue weighted by Crippen LogP contribution is 2.38. The number of likely N-dealkylation sites (tertiary alicyclic amines) is 1. The van der Waals surface area contributed by atoms with Crippen LogP contribution in [0, 0.1) is 13.8 Å². The Bertz CT molecular complexity index is 822. The summed E-state index contributed by atoms with van der Waals surface area (Å²) in [5, 5.41) is 5.38. The maximum absolute atomic E-state index is 12.4. The van der Waals surface area contributed by atoms with Crippen LogP contribution in [0.3, 0.4) is 0 Å². The van der Waals surface area contributed by atoms with E-state index in [2.05, 4.69) is 16.3 Å². The molecular formula is C20H24N2O3S. The van der Waals surface area contributed by atoms with E-state index in [9.17, 15) is 9.59 Å². The molecule has 0 spiro atoms. The summed E-state index contributed by atoms with van der Waals surface area (Å²) in [7, 11) is 1.36. The number of ether oxygens (including phenoxy) is 1. The molecule has 2 heterocycles. The van der Waals surface area contributed by atoms with E-state index in [-0.39, 0.29) is 5.91 Å². The van der Waals surface area contributed by atoms with Crippen molar-refractivity contribution < 1.29 is 14.3 Å². The monoisotopic (exact) mass is 372 g/mol. The first-order chi connectivity index (χ1) is 12.5. The molecule has 0 bridgehead atoms. The Balaban J connectivity index is 1.91. The number of methoxy groups -OCH3 is 1. The van der Waals surface area contributed by atoms with Crippen LogP contribution < -0.4 is 5.32 Å². The number of hydrogen-bond acceptors (Lipinski definition) is 5. The van der Waals surface area contributed by atoms with Crippen molar-refractivity contribution in [2.24, 2.45) is 0 Å². The lowest BCUT2D eigenvalue weighted by Crippen LogP contribution is -2.31. The molecule has 2 aromatic rings. The van der Waals surface area contributed by atoms with E-state index in [1.807, 2.05) is 31.4 Å². The Morgan fingerprint density at radius 2 is 1.92 bits per heavy atom. The summed E-state index contributed by atoms with van der Waals surface area (Å²) in [6.07, 6.45) is 2.27. The Morgan fingerprint density at radius 3 is 2.62 bits per heavy atom. The number of rotatable bonds is 5. The fourth-order valence-corrected chi connectivity index (χ4v) is 4.25. The van der Waals surface area contributed by atoms with Crippen molar-refractivity contribution in [3.8, 4) is 11.1 Å². The van der Waals surface area contributed by atoms with Crippen molar-refractivity contribution in [2.45, 2.75) is 26.7 Å². The third-order valence-corrected chi connectivity index (χ3v) is 5.58. The largest absolute Gasteiger partial charge is 0.465 e. The average molecular weight is 372 g/mol. The average Bonchev–Trinajstić information content (AvgIpc) is 3.26. The first-order valence-corrected chi connectivity index (χ1v) is 9.67. The number of benzene rings is 1. The number of thiophene rings is 1. The molecule has 26 heavy (non-hydrogen) atoms. The quantitative estimate of drug-likeness (QED) is 0.810. The number of aryl methyl sites for hydroxylation is 2. The minimum Gasteiger partial charge on any atom is -0.465 e. The highest BCUT2D eigenvalue weighted by Gasteiger charge is 2.24. The minimum absolute atomic E-state index is 0.0913. The van der Waals surface area contributed by atoms with Gasteiger partial charge in [-0.15, -0.1) is 11.3 Å². The van der Waals surface area contributed by atoms with Crippen LogP contribution in [-0.2, 0) is 9.53 Å². The van der Waals surface area contributed by atoms with Crippen LogP contribution >= 0.6 is 11.3 Å². The smallest absolute Gasteiger partial charge is 0.341 e. The number of hydrogen-bond donors (Lipinski definition) is 1. The molecule has 0 radical (unpaired) electrons. The lowest BCUT2D eigenvalue weighted by atomic mass is 9.97. The number of carbonyl (C=O) groups is 2. The van der Waals surface area contributed by atoms with Gasteiger partial charge in [0.2, 0.25) is 5.91 Å². The molecular weight excluding hydrogens is 348 g/mol. The Hall–Kier alpha value is -2.18. The topological polar surface area (TPSA) is 58.6 Å². The summed E-state index contributed by atoms with van der Waals surface area (Å²) in [5.74, 6) is -0.523. The van der Waals surface area contributed by atoms with E-state index >= 15 is 0 Å². The second-order valence-electron chi connectivity index (χ2n) is 6.69. The van der Waals surface area contributed by atoms with Crippen LogP contribution in [0.25, 0.3) is 11.1 Å². The van der Waals surface area contributed by atoms with Gasteiger partial charge < -0.3 is 10.1 Å². The molecule has 1 amide bonds. The zero-order chi connectivity index (χ0) is 18.7. The second-order valence-corrected chi connectivity index (χ2v) is 7.57. The van der Waals surface area contributed by atoms with Crippen LogP contribution in [0.1, 0.15) is 34.3 Å². The van der Waals surface area contributed by atoms with Crippen molar-refractivity contribution in [1.82, 2.24) is 4.90 Å². The van der Waals surface area contributed by atoms with Crippen LogP contribution in [0.4, 0.5) is 5.00 Å². The van der Waals surface area contributed by atoms with Gasteiger partial charge in [0.15, 0.2) is 0 Å². The fraction of sp³-hybridized carbons (Fsp3) is 0.400. The van der Waals surface area contributed by atoms with Crippen molar-refractivity contribution in [3.63, 3.8) is 0 Å². The van der Waals surface area contributed by atoms with Crippen molar-refractivity contribution in [1.29, 1.82) is 0 Å². The highest BCUT2D eigenvalue weighted by molar-refractivity contribution is 7.15. The maximum Gasteiger partial charge on any atom is 0.341 e. The molecule has 1 fully saturated rings. The zero-order valence-electron chi connectivity index (χ0n) is 15.4. The van der Waals surface area contributed by atoms with Gasteiger partial charge in [-0.05, 0) is 50.9 Å². The van der Waals surface area contributed by atoms with Gasteiger partial charge in [-0.2, -0.15) is 0 Å². The van der Waals surface area contributed by atoms with Crippen molar-refractivity contribution in [3.05, 3.63) is 40.3 Å². The van der Waals surface area contributed by atoms with Crippen LogP contribution in [0.5, 0.6) is 0 Å². The van der Waals surface area contributed by atoms with E-state index in [0.29, 0.717) is 17.1 Å². The summed E-state index contributed by atoms with van der Waals surface area (Å²) in [6, 6.07) is 6.14. The Labute approximate surface area is 158 Å². The third kappa shape index (κ3) is 3.97. The van der Waals surface area contributed by atoms with E-state index in [1.165, 1.54) is 18.4 Å². The molecule has 3 rings (SSSR count). The lowest BCUT2D eigenvalue weighted by Gasteiger charge is -2.14. The van der Waals surface area contributed by atoms with Gasteiger partial charge in [0, 0.05) is 10.9 Å². The predicted octanol–water partition coefficient (Wildman–Crippen LogP) is 3.85. The van der Waals surface area contributed by atoms with Gasteiger partial charge >= 0.3 is 5.97 Å². The molecule has 0 atom stereocenters. The number of carbonyl (C=O) groups excluding carboxylic acids is 2. The molecule has 0 unspecified atom stereocenters. The number of amides is 1. The van der Waals surface area contributed by atoms with E-state index in [1.54, 1.807) is 0 Å². The predicted molar refractivity (Wildman–Crippen MR) is 105 cm³/mol. The highest BCUT2D eigenvalue weighted by atomic mass is 32.1. The first-order valence-electron chi connectivity index (χ1n) is 8.79. The van der Waals surface area contributed by atoms with Gasteiger partial charge in [-0.25, -0.2) is 4.79 Å². The molecule has 5 nitrogen and oxygen atoms in total. The molecule has 6 heteroatoms. The minimum atomic E-state index is -0.432. The first kappa shape index (κ1) is 18.6. The number of nitrogens with one attached hydrogen (secondary N) is 1. The van der Waals surface area contributed by atoms with Gasteiger partial charge in [0.25, 0.3) is 0 Å². The molecule has 0 saturated carbocycles. The zero-order valence-corrected chi connectivity index (χ0v) is 16.2. The van der Waals surface area contributed by atoms with Crippen LogP contribution in [0.15, 0.2) is 23.6 Å². The van der Waals surface area contributed by atoms with Gasteiger partial charge in [-0.3, -0.25) is 9.69 Å². The van der Waals surface area contributed by atoms with Gasteiger partial charge in [-0.1, -0.05) is 23.8 Å². The number of nitrogens with zero attached hydrogens (tertiary/aromatic N) is 1. The molecule has 1 N–H and O–H groups in total. The lowest BCUT2D eigenvalue weighted by molar-refractivity contribution is -0.117. The maximum atomic E-state index is 12.4. The van der Waals surface area contributed by atoms with Gasteiger partial charge in [0.05, 0.1) is 13.7 Å². The molecule has 1 aliphatic heterocycles. The van der Waals surface area contributed by atoms with E-state index in [4.69, 9.17) is 4.74 Å². The summed E-state index contributed by atoms with van der Waals surface area (Å²) in [5.41, 5.74) is 4.42. The second kappa shape index (κ2) is 8.01. The Kier molecular flexibility index (Phi) is 5.74. The molecule has 138 valence electrons. The molecule has 1 aromatic heterocycles. The normalized spacial score (nSPS) is 14.4. The molecule has 1 aliphatic rings. The SMILES string of the molecule is COC(=O)c1c(-c2cc(C)ccc2C)csc1NC(=O)CN1CCCC1. The third-order valence-electron chi connectivity index (χ3n) is 4.68. The summed E-state index contributed by atoms with van der Waals surface area (Å²) in [4.78, 5) is 27.0. The fourth-order valence-electron chi connectivity index (χ4n) is 3.29. The van der Waals surface area contributed by atoms with Crippen LogP contribution in [0.2, 0.25) is 0 Å². The summed E-state index contributed by atoms with van der Waals surface area (Å²) in [6.45, 7) is 6.30. The molecule has 1 saturated heterocycles. The number of esters is 1. The van der Waals surface area contributed by atoms with E-state index < -0.39 is 5.97 Å². The molecule has 1 aromatic carbocycles. The molecule has 0 aliphatic carbocycles. The Morgan fingerprint density at radius 1 is 1.19 bits per heavy atom. The number of anilines is 1. The summed E-state index contributed by atoms with van der Waals surface area (Å²) < 4.78 is 4.99. The van der Waals surface area contributed by atoms with Gasteiger partial charge in [0.1, 0.15) is 10.6 Å². The standard InChI is InChI=1S/C20H24N2O3S/c1-13-6-7-14(2)15(10-13)16-12-26-19(18(16)20(24)25-3)21-17(23)11-22-8-4-5-9-22/h6-7,10,12H,4-5,8-9,11H2,1-3H3,(H,21,23). The van der Waals surface area contributed by atoms with E-state index in [0.717, 1.165) is 48.2 Å².